The van der Waals surface area contributed by atoms with Gasteiger partial charge in [0.15, 0.2) is 0 Å². The number of benzene rings is 1. The van der Waals surface area contributed by atoms with Crippen molar-refractivity contribution >= 4 is 23.1 Å². The Kier molecular flexibility index (Phi) is 5.32. The van der Waals surface area contributed by atoms with Crippen LogP contribution in [0.25, 0.3) is 34.2 Å². The van der Waals surface area contributed by atoms with E-state index in [1.54, 1.807) is 0 Å². The molecule has 0 radical (unpaired) electrons. The van der Waals surface area contributed by atoms with Gasteiger partial charge in [0.25, 0.3) is 0 Å². The van der Waals surface area contributed by atoms with Crippen molar-refractivity contribution in [3.63, 3.8) is 0 Å². The molecule has 8 nitrogen and oxygen atoms in total. The zero-order chi connectivity index (χ0) is 23.3. The van der Waals surface area contributed by atoms with Crippen LogP contribution in [0, 0.1) is 6.92 Å². The van der Waals surface area contributed by atoms with Crippen LogP contribution in [0.2, 0.25) is 0 Å². The fourth-order valence-corrected chi connectivity index (χ4v) is 4.48. The summed E-state index contributed by atoms with van der Waals surface area (Å²) in [7, 11) is 3.93. The van der Waals surface area contributed by atoms with Crippen molar-refractivity contribution < 1.29 is 4.74 Å². The fourth-order valence-electron chi connectivity index (χ4n) is 4.48. The highest BCUT2D eigenvalue weighted by atomic mass is 16.5. The second kappa shape index (κ2) is 8.19. The first kappa shape index (κ1) is 21.5. The Morgan fingerprint density at radius 3 is 2.76 bits per heavy atom. The Balaban J connectivity index is 1.69. The Labute approximate surface area is 193 Å². The predicted octanol–water partition coefficient (Wildman–Crippen LogP) is 4.17. The van der Waals surface area contributed by atoms with Gasteiger partial charge < -0.3 is 4.74 Å². The third-order valence-electron chi connectivity index (χ3n) is 6.57. The molecule has 5 rings (SSSR count). The molecule has 1 unspecified atom stereocenters. The number of hydrogen-bond donors (Lipinski definition) is 1. The Hall–Kier alpha value is -3.39. The average molecular weight is 446 g/mol. The molecule has 3 aromatic heterocycles. The lowest BCUT2D eigenvalue weighted by molar-refractivity contribution is 0.112. The molecule has 2 bridgehead atoms. The van der Waals surface area contributed by atoms with Crippen LogP contribution >= 0.6 is 0 Å². The Bertz CT molecular complexity index is 1340. The van der Waals surface area contributed by atoms with E-state index in [4.69, 9.17) is 9.84 Å². The van der Waals surface area contributed by atoms with Gasteiger partial charge in [0, 0.05) is 49.9 Å². The highest BCUT2D eigenvalue weighted by Crippen LogP contribution is 2.33. The van der Waals surface area contributed by atoms with Crippen molar-refractivity contribution in [2.75, 3.05) is 6.54 Å². The minimum absolute atomic E-state index is 0.0177. The molecule has 33 heavy (non-hydrogen) atoms. The molecule has 4 heterocycles. The molecule has 1 atom stereocenters. The van der Waals surface area contributed by atoms with Crippen LogP contribution in [0.4, 0.5) is 0 Å². The predicted molar refractivity (Wildman–Crippen MR) is 131 cm³/mol. The standard InChI is InChI=1S/C25H31N7O/c1-15(2)32-13-16(3)33-25-20(12-26-31(25)6)18-7-8-22-19(11-18)23(28-27-22)9-10-24-21(14-32)17(4)30(5)29-24/h7-12,15-16H,13-14H2,1-6H3,(H,27,28)/b10-9+. The quantitative estimate of drug-likeness (QED) is 0.476. The van der Waals surface area contributed by atoms with Gasteiger partial charge in [-0.3, -0.25) is 14.7 Å². The van der Waals surface area contributed by atoms with Crippen molar-refractivity contribution in [3.05, 3.63) is 47.0 Å². The summed E-state index contributed by atoms with van der Waals surface area (Å²) in [6.45, 7) is 10.3. The molecular formula is C25H31N7O. The minimum Gasteiger partial charge on any atom is -0.473 e. The summed E-state index contributed by atoms with van der Waals surface area (Å²) in [6.07, 6.45) is 6.03. The van der Waals surface area contributed by atoms with Crippen LogP contribution in [0.15, 0.2) is 24.4 Å². The fraction of sp³-hybridized carbons (Fsp3) is 0.400. The number of aromatic nitrogens is 6. The van der Waals surface area contributed by atoms with E-state index in [-0.39, 0.29) is 6.10 Å². The number of nitrogens with one attached hydrogen (secondary N) is 1. The third kappa shape index (κ3) is 3.84. The van der Waals surface area contributed by atoms with E-state index in [0.717, 1.165) is 52.4 Å². The number of hydrogen-bond acceptors (Lipinski definition) is 5. The first-order valence-corrected chi connectivity index (χ1v) is 11.4. The van der Waals surface area contributed by atoms with Crippen molar-refractivity contribution in [2.45, 2.75) is 46.4 Å². The van der Waals surface area contributed by atoms with Crippen molar-refractivity contribution in [2.24, 2.45) is 14.1 Å². The smallest absolute Gasteiger partial charge is 0.219 e. The number of aromatic amines is 1. The summed E-state index contributed by atoms with van der Waals surface area (Å²) >= 11 is 0. The van der Waals surface area contributed by atoms with E-state index in [1.165, 1.54) is 11.3 Å². The summed E-state index contributed by atoms with van der Waals surface area (Å²) in [5.74, 6) is 0.777. The summed E-state index contributed by atoms with van der Waals surface area (Å²) in [4.78, 5) is 2.44. The molecule has 1 aromatic carbocycles. The molecule has 0 fully saturated rings. The monoisotopic (exact) mass is 445 g/mol. The van der Waals surface area contributed by atoms with Crippen LogP contribution in [-0.4, -0.2) is 53.3 Å². The van der Waals surface area contributed by atoms with Gasteiger partial charge in [-0.25, -0.2) is 4.68 Å². The van der Waals surface area contributed by atoms with Crippen molar-refractivity contribution in [1.82, 2.24) is 34.7 Å². The summed E-state index contributed by atoms with van der Waals surface area (Å²) in [5, 5.41) is 18.0. The van der Waals surface area contributed by atoms with E-state index in [0.29, 0.717) is 6.04 Å². The maximum Gasteiger partial charge on any atom is 0.219 e. The first-order chi connectivity index (χ1) is 15.8. The number of nitrogens with zero attached hydrogens (tertiary/aromatic N) is 6. The number of ether oxygens (including phenoxy) is 1. The lowest BCUT2D eigenvalue weighted by Crippen LogP contribution is -2.38. The van der Waals surface area contributed by atoms with E-state index in [1.807, 2.05) is 35.7 Å². The first-order valence-electron chi connectivity index (χ1n) is 11.4. The SMILES string of the molecule is Cc1c2c(nn1C)/C=C/c1[nH]nc3ccc(cc13)-c1cnn(C)c1OC(C)CN(C(C)C)C2. The van der Waals surface area contributed by atoms with Gasteiger partial charge in [0.2, 0.25) is 5.88 Å². The summed E-state index contributed by atoms with van der Waals surface area (Å²) < 4.78 is 10.3. The minimum atomic E-state index is -0.0177. The van der Waals surface area contributed by atoms with Gasteiger partial charge in [-0.15, -0.1) is 0 Å². The Morgan fingerprint density at radius 2 is 1.97 bits per heavy atom. The number of rotatable bonds is 1. The van der Waals surface area contributed by atoms with Gasteiger partial charge in [-0.1, -0.05) is 6.07 Å². The molecular weight excluding hydrogens is 414 g/mol. The maximum absolute atomic E-state index is 6.49. The summed E-state index contributed by atoms with van der Waals surface area (Å²) in [6, 6.07) is 6.62. The van der Waals surface area contributed by atoms with Gasteiger partial charge in [0.1, 0.15) is 6.10 Å². The molecule has 4 aromatic rings. The highest BCUT2D eigenvalue weighted by Gasteiger charge is 2.22. The molecule has 172 valence electrons. The van der Waals surface area contributed by atoms with Crippen molar-refractivity contribution in [1.29, 1.82) is 0 Å². The molecule has 1 N–H and O–H groups in total. The zero-order valence-corrected chi connectivity index (χ0v) is 20.1. The highest BCUT2D eigenvalue weighted by molar-refractivity contribution is 5.92. The van der Waals surface area contributed by atoms with E-state index in [9.17, 15) is 0 Å². The van der Waals surface area contributed by atoms with E-state index in [2.05, 4.69) is 72.2 Å². The number of aryl methyl sites for hydroxylation is 2. The lowest BCUT2D eigenvalue weighted by atomic mass is 10.1. The molecule has 0 saturated carbocycles. The maximum atomic E-state index is 6.49. The van der Waals surface area contributed by atoms with Crippen LogP contribution in [0.1, 0.15) is 43.4 Å². The van der Waals surface area contributed by atoms with Crippen molar-refractivity contribution in [3.8, 4) is 17.0 Å². The molecule has 0 amide bonds. The van der Waals surface area contributed by atoms with Crippen LogP contribution < -0.4 is 4.74 Å². The van der Waals surface area contributed by atoms with Crippen LogP contribution in [0.5, 0.6) is 5.88 Å². The van der Waals surface area contributed by atoms with Crippen LogP contribution in [-0.2, 0) is 20.6 Å². The molecule has 0 spiro atoms. The molecule has 1 aliphatic rings. The zero-order valence-electron chi connectivity index (χ0n) is 20.1. The summed E-state index contributed by atoms with van der Waals surface area (Å²) in [5.41, 5.74) is 7.30. The molecule has 0 aliphatic carbocycles. The second-order valence-electron chi connectivity index (χ2n) is 9.21. The normalized spacial score (nSPS) is 18.1. The van der Waals surface area contributed by atoms with Gasteiger partial charge in [-0.05, 0) is 57.5 Å². The molecule has 0 saturated heterocycles. The number of H-pyrrole nitrogens is 1. The Morgan fingerprint density at radius 1 is 1.15 bits per heavy atom. The van der Waals surface area contributed by atoms with Gasteiger partial charge in [-0.2, -0.15) is 15.3 Å². The largest absolute Gasteiger partial charge is 0.473 e. The second-order valence-corrected chi connectivity index (χ2v) is 9.21. The molecule has 8 heteroatoms. The molecule has 1 aliphatic heterocycles. The van der Waals surface area contributed by atoms with Gasteiger partial charge >= 0.3 is 0 Å². The third-order valence-corrected chi connectivity index (χ3v) is 6.57. The van der Waals surface area contributed by atoms with E-state index < -0.39 is 0 Å². The van der Waals surface area contributed by atoms with E-state index >= 15 is 0 Å². The average Bonchev–Trinajstić information content (AvgIpc) is 3.43. The van der Waals surface area contributed by atoms with Gasteiger partial charge in [0.05, 0.1) is 28.7 Å². The van der Waals surface area contributed by atoms with Crippen LogP contribution in [0.3, 0.4) is 0 Å². The topological polar surface area (TPSA) is 76.8 Å². The lowest BCUT2D eigenvalue weighted by Gasteiger charge is -2.30. The number of fused-ring (bicyclic) bond motifs is 4.